The Morgan fingerprint density at radius 3 is 2.94 bits per heavy atom. The van der Waals surface area contributed by atoms with E-state index in [0.717, 1.165) is 15.1 Å². The van der Waals surface area contributed by atoms with Gasteiger partial charge < -0.3 is 10.3 Å². The van der Waals surface area contributed by atoms with Crippen LogP contribution in [0.4, 0.5) is 5.69 Å². The zero-order valence-corrected chi connectivity index (χ0v) is 11.0. The summed E-state index contributed by atoms with van der Waals surface area (Å²) >= 11 is 5.10. The highest BCUT2D eigenvalue weighted by Gasteiger charge is 2.05. The molecule has 16 heavy (non-hydrogen) atoms. The molecule has 2 N–H and O–H groups in total. The van der Waals surface area contributed by atoms with E-state index < -0.39 is 0 Å². The number of thioether (sulfide) groups is 1. The number of halogens is 1. The van der Waals surface area contributed by atoms with Crippen molar-refractivity contribution in [3.8, 4) is 0 Å². The Kier molecular flexibility index (Phi) is 3.50. The number of rotatable bonds is 3. The first-order valence-corrected chi connectivity index (χ1v) is 6.40. The highest BCUT2D eigenvalue weighted by Crippen LogP contribution is 2.30. The molecule has 0 saturated carbocycles. The summed E-state index contributed by atoms with van der Waals surface area (Å²) in [5.41, 5.74) is 6.40. The molecule has 4 nitrogen and oxygen atoms in total. The molecule has 84 valence electrons. The predicted octanol–water partition coefficient (Wildman–Crippen LogP) is 3.02. The van der Waals surface area contributed by atoms with Crippen LogP contribution >= 0.6 is 27.7 Å². The van der Waals surface area contributed by atoms with Gasteiger partial charge in [-0.25, -0.2) is 0 Å². The van der Waals surface area contributed by atoms with Crippen molar-refractivity contribution in [1.82, 2.24) is 10.1 Å². The molecule has 0 unspecified atom stereocenters. The van der Waals surface area contributed by atoms with E-state index >= 15 is 0 Å². The summed E-state index contributed by atoms with van der Waals surface area (Å²) in [5.74, 6) is 1.97. The largest absolute Gasteiger partial charge is 0.399 e. The lowest BCUT2D eigenvalue weighted by atomic mass is 10.3. The zero-order chi connectivity index (χ0) is 11.5. The molecule has 0 spiro atoms. The fraction of sp³-hybridized carbons (Fsp3) is 0.200. The summed E-state index contributed by atoms with van der Waals surface area (Å²) in [6.07, 6.45) is 0. The van der Waals surface area contributed by atoms with Crippen molar-refractivity contribution in [2.75, 3.05) is 5.73 Å². The van der Waals surface area contributed by atoms with Crippen LogP contribution in [0.3, 0.4) is 0 Å². The van der Waals surface area contributed by atoms with Crippen molar-refractivity contribution < 1.29 is 4.52 Å². The average molecular weight is 300 g/mol. The second kappa shape index (κ2) is 4.88. The average Bonchev–Trinajstić information content (AvgIpc) is 2.63. The Morgan fingerprint density at radius 2 is 2.31 bits per heavy atom. The number of aryl methyl sites for hydroxylation is 1. The third-order valence-electron chi connectivity index (χ3n) is 1.88. The molecule has 0 aliphatic rings. The van der Waals surface area contributed by atoms with E-state index in [-0.39, 0.29) is 0 Å². The van der Waals surface area contributed by atoms with E-state index in [4.69, 9.17) is 10.3 Å². The molecule has 0 aliphatic carbocycles. The lowest BCUT2D eigenvalue weighted by Crippen LogP contribution is -1.87. The Morgan fingerprint density at radius 1 is 1.50 bits per heavy atom. The van der Waals surface area contributed by atoms with Crippen LogP contribution in [-0.2, 0) is 5.75 Å². The molecule has 1 aromatic heterocycles. The first kappa shape index (κ1) is 11.5. The second-order valence-electron chi connectivity index (χ2n) is 3.21. The van der Waals surface area contributed by atoms with Gasteiger partial charge in [-0.3, -0.25) is 0 Å². The van der Waals surface area contributed by atoms with Crippen molar-refractivity contribution in [2.24, 2.45) is 0 Å². The molecule has 0 bridgehead atoms. The van der Waals surface area contributed by atoms with Crippen LogP contribution in [0.5, 0.6) is 0 Å². The van der Waals surface area contributed by atoms with Gasteiger partial charge in [0.25, 0.3) is 0 Å². The van der Waals surface area contributed by atoms with Crippen LogP contribution < -0.4 is 5.73 Å². The molecule has 0 aliphatic heterocycles. The van der Waals surface area contributed by atoms with Gasteiger partial charge in [0.2, 0.25) is 5.89 Å². The molecule has 0 saturated heterocycles. The maximum Gasteiger partial charge on any atom is 0.223 e. The van der Waals surface area contributed by atoms with E-state index in [1.54, 1.807) is 18.7 Å². The third kappa shape index (κ3) is 2.76. The van der Waals surface area contributed by atoms with Crippen LogP contribution in [0.1, 0.15) is 11.7 Å². The highest BCUT2D eigenvalue weighted by molar-refractivity contribution is 9.10. The number of nitrogens with zero attached hydrogens (tertiary/aromatic N) is 2. The molecule has 2 rings (SSSR count). The molecule has 0 fully saturated rings. The first-order chi connectivity index (χ1) is 7.65. The molecule has 0 amide bonds. The van der Waals surface area contributed by atoms with Crippen molar-refractivity contribution in [3.63, 3.8) is 0 Å². The van der Waals surface area contributed by atoms with Gasteiger partial charge in [-0.2, -0.15) is 4.98 Å². The van der Waals surface area contributed by atoms with Crippen LogP contribution in [0.15, 0.2) is 32.1 Å². The Balaban J connectivity index is 2.04. The number of anilines is 1. The summed E-state index contributed by atoms with van der Waals surface area (Å²) in [7, 11) is 0. The standard InChI is InChI=1S/C10H10BrN3OS/c1-6-13-10(14-15-6)5-16-9-3-2-7(12)4-8(9)11/h2-4H,5,12H2,1H3. The lowest BCUT2D eigenvalue weighted by molar-refractivity contribution is 0.389. The minimum Gasteiger partial charge on any atom is -0.399 e. The first-order valence-electron chi connectivity index (χ1n) is 4.62. The number of benzene rings is 1. The van der Waals surface area contributed by atoms with Gasteiger partial charge in [0, 0.05) is 22.0 Å². The summed E-state index contributed by atoms with van der Waals surface area (Å²) < 4.78 is 5.88. The van der Waals surface area contributed by atoms with Gasteiger partial charge in [0.1, 0.15) is 0 Å². The fourth-order valence-electron chi connectivity index (χ4n) is 1.18. The number of nitrogens with two attached hydrogens (primary N) is 1. The maximum atomic E-state index is 5.66. The SMILES string of the molecule is Cc1nc(CSc2ccc(N)cc2Br)no1. The van der Waals surface area contributed by atoms with E-state index in [9.17, 15) is 0 Å². The summed E-state index contributed by atoms with van der Waals surface area (Å²) in [5, 5.41) is 3.83. The van der Waals surface area contributed by atoms with Gasteiger partial charge in [0.15, 0.2) is 5.82 Å². The van der Waals surface area contributed by atoms with Crippen molar-refractivity contribution >= 4 is 33.4 Å². The smallest absolute Gasteiger partial charge is 0.223 e. The topological polar surface area (TPSA) is 64.9 Å². The van der Waals surface area contributed by atoms with Crippen molar-refractivity contribution in [2.45, 2.75) is 17.6 Å². The van der Waals surface area contributed by atoms with Gasteiger partial charge in [-0.05, 0) is 34.1 Å². The van der Waals surface area contributed by atoms with E-state index in [1.807, 2.05) is 18.2 Å². The Labute approximate surface area is 106 Å². The lowest BCUT2D eigenvalue weighted by Gasteiger charge is -2.02. The van der Waals surface area contributed by atoms with E-state index in [1.165, 1.54) is 0 Å². The van der Waals surface area contributed by atoms with E-state index in [0.29, 0.717) is 17.5 Å². The molecule has 1 heterocycles. The maximum absolute atomic E-state index is 5.66. The highest BCUT2D eigenvalue weighted by atomic mass is 79.9. The van der Waals surface area contributed by atoms with Gasteiger partial charge >= 0.3 is 0 Å². The van der Waals surface area contributed by atoms with Crippen molar-refractivity contribution in [1.29, 1.82) is 0 Å². The molecule has 1 aromatic carbocycles. The molecular formula is C10H10BrN3OS. The minimum atomic E-state index is 0.590. The molecule has 2 aromatic rings. The number of aromatic nitrogens is 2. The second-order valence-corrected chi connectivity index (χ2v) is 5.08. The predicted molar refractivity (Wildman–Crippen MR) is 67.2 cm³/mol. The van der Waals surface area contributed by atoms with Crippen molar-refractivity contribution in [3.05, 3.63) is 34.4 Å². The molecule has 6 heteroatoms. The Hall–Kier alpha value is -1.01. The van der Waals surface area contributed by atoms with Crippen LogP contribution in [-0.4, -0.2) is 10.1 Å². The minimum absolute atomic E-state index is 0.590. The summed E-state index contributed by atoms with van der Waals surface area (Å²) in [4.78, 5) is 5.24. The number of nitrogen functional groups attached to an aromatic ring is 1. The summed E-state index contributed by atoms with van der Waals surface area (Å²) in [6.45, 7) is 1.78. The number of hydrogen-bond acceptors (Lipinski definition) is 5. The molecule has 0 atom stereocenters. The number of hydrogen-bond donors (Lipinski definition) is 1. The molecule has 0 radical (unpaired) electrons. The van der Waals surface area contributed by atoms with Crippen LogP contribution in [0.25, 0.3) is 0 Å². The van der Waals surface area contributed by atoms with Gasteiger partial charge in [-0.1, -0.05) is 5.16 Å². The van der Waals surface area contributed by atoms with Gasteiger partial charge in [-0.15, -0.1) is 11.8 Å². The quantitative estimate of drug-likeness (QED) is 0.697. The fourth-order valence-corrected chi connectivity index (χ4v) is 2.68. The Bertz CT molecular complexity index is 501. The normalized spacial score (nSPS) is 10.6. The summed E-state index contributed by atoms with van der Waals surface area (Å²) in [6, 6.07) is 5.72. The zero-order valence-electron chi connectivity index (χ0n) is 8.61. The van der Waals surface area contributed by atoms with E-state index in [2.05, 4.69) is 26.1 Å². The van der Waals surface area contributed by atoms with Crippen LogP contribution in [0.2, 0.25) is 0 Å². The molecular weight excluding hydrogens is 290 g/mol. The monoisotopic (exact) mass is 299 g/mol. The third-order valence-corrected chi connectivity index (χ3v) is 3.87. The van der Waals surface area contributed by atoms with Gasteiger partial charge in [0.05, 0.1) is 5.75 Å². The van der Waals surface area contributed by atoms with Crippen LogP contribution in [0, 0.1) is 6.92 Å².